The Labute approximate surface area is 196 Å². The Bertz CT molecular complexity index is 1230. The van der Waals surface area contributed by atoms with E-state index in [1.807, 2.05) is 30.5 Å². The van der Waals surface area contributed by atoms with Crippen molar-refractivity contribution in [3.8, 4) is 0 Å². The summed E-state index contributed by atoms with van der Waals surface area (Å²) < 4.78 is 29.5. The quantitative estimate of drug-likeness (QED) is 0.496. The lowest BCUT2D eigenvalue weighted by molar-refractivity contribution is 0.102. The van der Waals surface area contributed by atoms with Crippen molar-refractivity contribution >= 4 is 21.6 Å². The van der Waals surface area contributed by atoms with E-state index in [9.17, 15) is 13.2 Å². The van der Waals surface area contributed by atoms with Gasteiger partial charge < -0.3 is 9.88 Å². The second-order valence-electron chi connectivity index (χ2n) is 8.29. The molecule has 176 valence electrons. The molecule has 7 nitrogen and oxygen atoms in total. The zero-order valence-corrected chi connectivity index (χ0v) is 20.7. The Morgan fingerprint density at radius 2 is 1.85 bits per heavy atom. The first kappa shape index (κ1) is 24.7. The molecular weight excluding hydrogens is 436 g/mol. The molecule has 0 aliphatic heterocycles. The van der Waals surface area contributed by atoms with Gasteiger partial charge in [-0.15, -0.1) is 0 Å². The van der Waals surface area contributed by atoms with Crippen LogP contribution in [0.25, 0.3) is 0 Å². The van der Waals surface area contributed by atoms with Crippen molar-refractivity contribution in [2.75, 3.05) is 18.4 Å². The number of aryl methyl sites for hydroxylation is 1. The Balaban J connectivity index is 1.82. The summed E-state index contributed by atoms with van der Waals surface area (Å²) in [4.78, 5) is 17.5. The number of rotatable bonds is 9. The minimum Gasteiger partial charge on any atom is -0.330 e. The molecule has 0 aliphatic rings. The van der Waals surface area contributed by atoms with Gasteiger partial charge in [-0.25, -0.2) is 13.4 Å². The summed E-state index contributed by atoms with van der Waals surface area (Å²) >= 11 is 0. The van der Waals surface area contributed by atoms with E-state index in [4.69, 9.17) is 0 Å². The number of carbonyl (C=O) groups is 1. The SMILES string of the molecule is CCN(CC)S(=O)(=O)c1cc(C(=O)Nc2cccc(Cn3ccnc3C(C)C)c2)ccc1C. The predicted octanol–water partition coefficient (Wildman–Crippen LogP) is 4.65. The predicted molar refractivity (Wildman–Crippen MR) is 131 cm³/mol. The van der Waals surface area contributed by atoms with Crippen LogP contribution in [0.1, 0.15) is 60.9 Å². The molecule has 0 atom stereocenters. The van der Waals surface area contributed by atoms with Gasteiger partial charge in [0, 0.05) is 49.2 Å². The van der Waals surface area contributed by atoms with Gasteiger partial charge in [0.2, 0.25) is 10.0 Å². The van der Waals surface area contributed by atoms with Crippen molar-refractivity contribution in [2.45, 2.75) is 52.0 Å². The minimum absolute atomic E-state index is 0.161. The van der Waals surface area contributed by atoms with Crippen LogP contribution in [0.4, 0.5) is 5.69 Å². The fraction of sp³-hybridized carbons (Fsp3) is 0.360. The third-order valence-corrected chi connectivity index (χ3v) is 7.77. The van der Waals surface area contributed by atoms with E-state index in [-0.39, 0.29) is 10.8 Å². The van der Waals surface area contributed by atoms with Crippen LogP contribution in [0, 0.1) is 6.92 Å². The maximum Gasteiger partial charge on any atom is 0.255 e. The summed E-state index contributed by atoms with van der Waals surface area (Å²) in [6.07, 6.45) is 3.74. The maximum absolute atomic E-state index is 13.0. The molecule has 0 saturated heterocycles. The van der Waals surface area contributed by atoms with Crippen molar-refractivity contribution in [3.05, 3.63) is 77.4 Å². The second-order valence-corrected chi connectivity index (χ2v) is 10.2. The molecule has 1 N–H and O–H groups in total. The third kappa shape index (κ3) is 5.51. The third-order valence-electron chi connectivity index (χ3n) is 5.58. The summed E-state index contributed by atoms with van der Waals surface area (Å²) in [5.74, 6) is 0.964. The first-order valence-corrected chi connectivity index (χ1v) is 12.6. The molecule has 3 aromatic rings. The lowest BCUT2D eigenvalue weighted by Crippen LogP contribution is -2.31. The van der Waals surface area contributed by atoms with Gasteiger partial charge in [-0.1, -0.05) is 45.9 Å². The molecule has 1 heterocycles. The fourth-order valence-electron chi connectivity index (χ4n) is 3.82. The molecule has 3 rings (SSSR count). The van der Waals surface area contributed by atoms with Gasteiger partial charge in [0.05, 0.1) is 4.90 Å². The van der Waals surface area contributed by atoms with E-state index >= 15 is 0 Å². The van der Waals surface area contributed by atoms with Crippen molar-refractivity contribution in [3.63, 3.8) is 0 Å². The number of anilines is 1. The summed E-state index contributed by atoms with van der Waals surface area (Å²) in [5, 5.41) is 2.90. The first-order valence-electron chi connectivity index (χ1n) is 11.2. The number of carbonyl (C=O) groups excluding carboxylic acids is 1. The van der Waals surface area contributed by atoms with E-state index < -0.39 is 10.0 Å². The van der Waals surface area contributed by atoms with Gasteiger partial charge >= 0.3 is 0 Å². The molecule has 0 unspecified atom stereocenters. The molecule has 1 amide bonds. The van der Waals surface area contributed by atoms with E-state index in [0.717, 1.165) is 11.4 Å². The summed E-state index contributed by atoms with van der Waals surface area (Å²) in [7, 11) is -3.66. The molecule has 0 fully saturated rings. The average molecular weight is 469 g/mol. The molecule has 2 aromatic carbocycles. The molecule has 8 heteroatoms. The Kier molecular flexibility index (Phi) is 7.71. The Morgan fingerprint density at radius 1 is 1.12 bits per heavy atom. The topological polar surface area (TPSA) is 84.3 Å². The second kappa shape index (κ2) is 10.3. The Hall–Kier alpha value is -2.97. The number of imidazole rings is 1. The van der Waals surface area contributed by atoms with Gasteiger partial charge in [-0.3, -0.25) is 4.79 Å². The monoisotopic (exact) mass is 468 g/mol. The van der Waals surface area contributed by atoms with Crippen LogP contribution in [0.15, 0.2) is 59.8 Å². The molecule has 0 spiro atoms. The molecule has 0 aliphatic carbocycles. The number of benzene rings is 2. The lowest BCUT2D eigenvalue weighted by Gasteiger charge is -2.20. The van der Waals surface area contributed by atoms with E-state index in [2.05, 4.69) is 28.7 Å². The zero-order valence-electron chi connectivity index (χ0n) is 19.9. The van der Waals surface area contributed by atoms with E-state index in [1.54, 1.807) is 39.1 Å². The molecule has 0 saturated carbocycles. The van der Waals surface area contributed by atoms with Gasteiger partial charge in [-0.05, 0) is 42.3 Å². The normalized spacial score (nSPS) is 11.8. The van der Waals surface area contributed by atoms with Crippen LogP contribution in [-0.4, -0.2) is 41.3 Å². The largest absolute Gasteiger partial charge is 0.330 e. The average Bonchev–Trinajstić information content (AvgIpc) is 3.23. The summed E-state index contributed by atoms with van der Waals surface area (Å²) in [5.41, 5.74) is 2.59. The number of amides is 1. The van der Waals surface area contributed by atoms with Gasteiger partial charge in [0.15, 0.2) is 0 Å². The van der Waals surface area contributed by atoms with Gasteiger partial charge in [-0.2, -0.15) is 4.31 Å². The minimum atomic E-state index is -3.66. The van der Waals surface area contributed by atoms with Crippen LogP contribution in [0.3, 0.4) is 0 Å². The Morgan fingerprint density at radius 3 is 2.52 bits per heavy atom. The first-order chi connectivity index (χ1) is 15.7. The lowest BCUT2D eigenvalue weighted by atomic mass is 10.1. The smallest absolute Gasteiger partial charge is 0.255 e. The highest BCUT2D eigenvalue weighted by Gasteiger charge is 2.24. The number of sulfonamides is 1. The maximum atomic E-state index is 13.0. The van der Waals surface area contributed by atoms with E-state index in [0.29, 0.717) is 42.4 Å². The zero-order chi connectivity index (χ0) is 24.2. The molecule has 0 bridgehead atoms. The number of nitrogens with one attached hydrogen (secondary N) is 1. The van der Waals surface area contributed by atoms with Crippen molar-refractivity contribution in [1.29, 1.82) is 0 Å². The molecular formula is C25H32N4O3S. The molecule has 33 heavy (non-hydrogen) atoms. The van der Waals surface area contributed by atoms with Gasteiger partial charge in [0.1, 0.15) is 5.82 Å². The van der Waals surface area contributed by atoms with E-state index in [1.165, 1.54) is 10.4 Å². The fourth-order valence-corrected chi connectivity index (χ4v) is 5.53. The number of nitrogens with zero attached hydrogens (tertiary/aromatic N) is 3. The van der Waals surface area contributed by atoms with Gasteiger partial charge in [0.25, 0.3) is 5.91 Å². The highest BCUT2D eigenvalue weighted by molar-refractivity contribution is 7.89. The number of hydrogen-bond acceptors (Lipinski definition) is 4. The van der Waals surface area contributed by atoms with Crippen LogP contribution >= 0.6 is 0 Å². The molecule has 0 radical (unpaired) electrons. The van der Waals surface area contributed by atoms with Crippen LogP contribution in [-0.2, 0) is 16.6 Å². The van der Waals surface area contributed by atoms with Crippen molar-refractivity contribution in [2.24, 2.45) is 0 Å². The standard InChI is InChI=1S/C25H32N4O3S/c1-6-29(7-2)33(31,32)23-16-21(12-11-19(23)5)25(30)27-22-10-8-9-20(15-22)17-28-14-13-26-24(28)18(3)4/h8-16,18H,6-7,17H2,1-5H3,(H,27,30). The van der Waals surface area contributed by atoms with Crippen molar-refractivity contribution < 1.29 is 13.2 Å². The van der Waals surface area contributed by atoms with Crippen LogP contribution in [0.2, 0.25) is 0 Å². The van der Waals surface area contributed by atoms with Crippen LogP contribution < -0.4 is 5.32 Å². The highest BCUT2D eigenvalue weighted by Crippen LogP contribution is 2.23. The van der Waals surface area contributed by atoms with Crippen LogP contribution in [0.5, 0.6) is 0 Å². The summed E-state index contributed by atoms with van der Waals surface area (Å²) in [6.45, 7) is 10.9. The highest BCUT2D eigenvalue weighted by atomic mass is 32.2. The number of aromatic nitrogens is 2. The summed E-state index contributed by atoms with van der Waals surface area (Å²) in [6, 6.07) is 12.4. The molecule has 1 aromatic heterocycles. The number of hydrogen-bond donors (Lipinski definition) is 1. The van der Waals surface area contributed by atoms with Crippen molar-refractivity contribution in [1.82, 2.24) is 13.9 Å².